The third-order valence-corrected chi connectivity index (χ3v) is 3.63. The summed E-state index contributed by atoms with van der Waals surface area (Å²) in [6.45, 7) is 0. The van der Waals surface area contributed by atoms with Gasteiger partial charge in [0.15, 0.2) is 6.10 Å². The Morgan fingerprint density at radius 3 is 2.45 bits per heavy atom. The molecule has 2 N–H and O–H groups in total. The highest BCUT2D eigenvalue weighted by Gasteiger charge is 2.20. The summed E-state index contributed by atoms with van der Waals surface area (Å²) in [7, 11) is 1.45. The maximum absolute atomic E-state index is 12.1. The van der Waals surface area contributed by atoms with E-state index in [0.717, 1.165) is 16.9 Å². The molecule has 0 aliphatic rings. The van der Waals surface area contributed by atoms with Gasteiger partial charge in [-0.1, -0.05) is 30.3 Å². The number of thiophene rings is 1. The lowest BCUT2D eigenvalue weighted by Crippen LogP contribution is -2.22. The maximum atomic E-state index is 12.1. The Hall–Kier alpha value is -2.18. The largest absolute Gasteiger partial charge is 0.477 e. The van der Waals surface area contributed by atoms with Crippen LogP contribution in [0, 0.1) is 0 Å². The molecule has 104 valence electrons. The molecule has 5 nitrogen and oxygen atoms in total. The number of carbonyl (C=O) groups is 2. The molecule has 1 amide bonds. The first-order valence-corrected chi connectivity index (χ1v) is 6.65. The van der Waals surface area contributed by atoms with Gasteiger partial charge in [0, 0.05) is 7.11 Å². The summed E-state index contributed by atoms with van der Waals surface area (Å²) < 4.78 is 5.20. The minimum Gasteiger partial charge on any atom is -0.477 e. The van der Waals surface area contributed by atoms with Crippen LogP contribution in [0.2, 0.25) is 0 Å². The first-order chi connectivity index (χ1) is 9.61. The predicted molar refractivity (Wildman–Crippen MR) is 76.1 cm³/mol. The topological polar surface area (TPSA) is 75.6 Å². The number of hydrogen-bond donors (Lipinski definition) is 2. The van der Waals surface area contributed by atoms with Crippen LogP contribution in [0.4, 0.5) is 5.00 Å². The van der Waals surface area contributed by atoms with Crippen molar-refractivity contribution in [1.82, 2.24) is 0 Å². The number of aromatic carboxylic acids is 1. The van der Waals surface area contributed by atoms with Gasteiger partial charge in [0.1, 0.15) is 4.88 Å². The Balaban J connectivity index is 2.11. The monoisotopic (exact) mass is 291 g/mol. The Kier molecular flexibility index (Phi) is 4.49. The zero-order valence-corrected chi connectivity index (χ0v) is 11.5. The maximum Gasteiger partial charge on any atom is 0.345 e. The van der Waals surface area contributed by atoms with Crippen molar-refractivity contribution in [3.8, 4) is 0 Å². The number of rotatable bonds is 5. The number of hydrogen-bond acceptors (Lipinski definition) is 4. The van der Waals surface area contributed by atoms with E-state index in [-0.39, 0.29) is 10.8 Å². The molecule has 0 bridgehead atoms. The standard InChI is InChI=1S/C14H13NO4S/c1-19-12(9-5-3-2-4-6-9)13(16)15-11-8-7-10(20-11)14(17)18/h2-8,12H,1H3,(H,15,16)(H,17,18). The van der Waals surface area contributed by atoms with Gasteiger partial charge < -0.3 is 15.2 Å². The van der Waals surface area contributed by atoms with Crippen molar-refractivity contribution in [2.24, 2.45) is 0 Å². The fourth-order valence-corrected chi connectivity index (χ4v) is 2.48. The van der Waals surface area contributed by atoms with E-state index >= 15 is 0 Å². The highest BCUT2D eigenvalue weighted by atomic mass is 32.1. The number of methoxy groups -OCH3 is 1. The number of anilines is 1. The number of ether oxygens (including phenoxy) is 1. The molecule has 6 heteroatoms. The number of amides is 1. The van der Waals surface area contributed by atoms with Gasteiger partial charge in [0.05, 0.1) is 5.00 Å². The third kappa shape index (κ3) is 3.23. The normalized spacial score (nSPS) is 11.8. The fraction of sp³-hybridized carbons (Fsp3) is 0.143. The lowest BCUT2D eigenvalue weighted by Gasteiger charge is -2.14. The van der Waals surface area contributed by atoms with Crippen LogP contribution in [0.3, 0.4) is 0 Å². The summed E-state index contributed by atoms with van der Waals surface area (Å²) in [4.78, 5) is 23.1. The Bertz CT molecular complexity index is 609. The van der Waals surface area contributed by atoms with Crippen molar-refractivity contribution in [3.63, 3.8) is 0 Å². The number of carboxylic acid groups (broad SMARTS) is 1. The van der Waals surface area contributed by atoms with Crippen molar-refractivity contribution in [3.05, 3.63) is 52.9 Å². The molecule has 1 aromatic heterocycles. The average molecular weight is 291 g/mol. The van der Waals surface area contributed by atoms with E-state index in [9.17, 15) is 9.59 Å². The summed E-state index contributed by atoms with van der Waals surface area (Å²) in [6.07, 6.45) is -0.730. The molecule has 2 rings (SSSR count). The summed E-state index contributed by atoms with van der Waals surface area (Å²) >= 11 is 1.01. The number of nitrogens with one attached hydrogen (secondary N) is 1. The molecule has 20 heavy (non-hydrogen) atoms. The van der Waals surface area contributed by atoms with E-state index < -0.39 is 12.1 Å². The smallest absolute Gasteiger partial charge is 0.345 e. The zero-order valence-electron chi connectivity index (χ0n) is 10.7. The Morgan fingerprint density at radius 2 is 1.90 bits per heavy atom. The summed E-state index contributed by atoms with van der Waals surface area (Å²) in [5, 5.41) is 12.0. The SMILES string of the molecule is COC(C(=O)Nc1ccc(C(=O)O)s1)c1ccccc1. The molecule has 0 aliphatic carbocycles. The van der Waals surface area contributed by atoms with Crippen LogP contribution in [0.5, 0.6) is 0 Å². The van der Waals surface area contributed by atoms with Gasteiger partial charge in [-0.25, -0.2) is 4.79 Å². The first kappa shape index (κ1) is 14.2. The van der Waals surface area contributed by atoms with Crippen molar-refractivity contribution in [2.75, 3.05) is 12.4 Å². The molecule has 0 saturated heterocycles. The molecule has 0 fully saturated rings. The van der Waals surface area contributed by atoms with Gasteiger partial charge in [0.25, 0.3) is 5.91 Å². The number of carboxylic acids is 1. The van der Waals surface area contributed by atoms with Crippen molar-refractivity contribution < 1.29 is 19.4 Å². The van der Waals surface area contributed by atoms with Gasteiger partial charge >= 0.3 is 5.97 Å². The summed E-state index contributed by atoms with van der Waals surface area (Å²) in [5.74, 6) is -1.35. The van der Waals surface area contributed by atoms with Crippen LogP contribution >= 0.6 is 11.3 Å². The van der Waals surface area contributed by atoms with Crippen LogP contribution in [0.25, 0.3) is 0 Å². The average Bonchev–Trinajstić information content (AvgIpc) is 2.89. The molecule has 1 heterocycles. The number of benzene rings is 1. The van der Waals surface area contributed by atoms with Gasteiger partial charge in [0.2, 0.25) is 0 Å². The Morgan fingerprint density at radius 1 is 1.20 bits per heavy atom. The third-order valence-electron chi connectivity index (χ3n) is 2.64. The van der Waals surface area contributed by atoms with Crippen LogP contribution in [-0.4, -0.2) is 24.1 Å². The van der Waals surface area contributed by atoms with E-state index in [1.165, 1.54) is 13.2 Å². The second-order valence-electron chi connectivity index (χ2n) is 3.98. The number of carbonyl (C=O) groups excluding carboxylic acids is 1. The van der Waals surface area contributed by atoms with Gasteiger partial charge in [-0.2, -0.15) is 0 Å². The van der Waals surface area contributed by atoms with Gasteiger partial charge in [-0.05, 0) is 17.7 Å². The quantitative estimate of drug-likeness (QED) is 0.888. The molecular weight excluding hydrogens is 278 g/mol. The van der Waals surface area contributed by atoms with Crippen LogP contribution in [0.15, 0.2) is 42.5 Å². The Labute approximate surface area is 119 Å². The molecule has 0 aliphatic heterocycles. The fourth-order valence-electron chi connectivity index (χ4n) is 1.73. The van der Waals surface area contributed by atoms with Crippen molar-refractivity contribution >= 4 is 28.2 Å². The zero-order chi connectivity index (χ0) is 14.5. The molecule has 0 spiro atoms. The van der Waals surface area contributed by atoms with Crippen LogP contribution < -0.4 is 5.32 Å². The molecule has 1 unspecified atom stereocenters. The van der Waals surface area contributed by atoms with Crippen LogP contribution in [-0.2, 0) is 9.53 Å². The highest BCUT2D eigenvalue weighted by molar-refractivity contribution is 7.18. The predicted octanol–water partition coefficient (Wildman–Crippen LogP) is 2.77. The van der Waals surface area contributed by atoms with Gasteiger partial charge in [-0.15, -0.1) is 11.3 Å². The lowest BCUT2D eigenvalue weighted by atomic mass is 10.1. The van der Waals surface area contributed by atoms with E-state index in [0.29, 0.717) is 5.00 Å². The second-order valence-corrected chi connectivity index (χ2v) is 5.07. The minimum absolute atomic E-state index is 0.175. The van der Waals surface area contributed by atoms with Crippen molar-refractivity contribution in [1.29, 1.82) is 0 Å². The highest BCUT2D eigenvalue weighted by Crippen LogP contribution is 2.24. The minimum atomic E-state index is -1.01. The van der Waals surface area contributed by atoms with Crippen molar-refractivity contribution in [2.45, 2.75) is 6.10 Å². The second kappa shape index (κ2) is 6.31. The van der Waals surface area contributed by atoms with E-state index in [4.69, 9.17) is 9.84 Å². The molecular formula is C14H13NO4S. The molecule has 0 radical (unpaired) electrons. The van der Waals surface area contributed by atoms with Crippen LogP contribution in [0.1, 0.15) is 21.3 Å². The molecule has 2 aromatic rings. The van der Waals surface area contributed by atoms with E-state index in [1.54, 1.807) is 18.2 Å². The molecule has 1 atom stereocenters. The summed E-state index contributed by atoms with van der Waals surface area (Å²) in [5.41, 5.74) is 0.738. The first-order valence-electron chi connectivity index (χ1n) is 5.83. The molecule has 0 saturated carbocycles. The van der Waals surface area contributed by atoms with E-state index in [1.807, 2.05) is 18.2 Å². The lowest BCUT2D eigenvalue weighted by molar-refractivity contribution is -0.126. The van der Waals surface area contributed by atoms with E-state index in [2.05, 4.69) is 5.32 Å². The van der Waals surface area contributed by atoms with Gasteiger partial charge in [-0.3, -0.25) is 4.79 Å². The molecule has 1 aromatic carbocycles. The summed E-state index contributed by atoms with van der Waals surface area (Å²) in [6, 6.07) is 12.1.